The minimum atomic E-state index is -0.964. The Morgan fingerprint density at radius 2 is 1.95 bits per heavy atom. The lowest BCUT2D eigenvalue weighted by atomic mass is 9.92. The van der Waals surface area contributed by atoms with Gasteiger partial charge in [-0.15, -0.1) is 11.6 Å². The zero-order valence-corrected chi connectivity index (χ0v) is 21.5. The van der Waals surface area contributed by atoms with Crippen LogP contribution < -0.4 is 16.0 Å². The number of carbonyl (C=O) groups excluding carboxylic acids is 1. The number of hydrogen-bond acceptors (Lipinski definition) is 5. The number of rotatable bonds is 5. The van der Waals surface area contributed by atoms with Crippen LogP contribution in [0.25, 0.3) is 21.7 Å². The second-order valence-electron chi connectivity index (χ2n) is 9.81. The number of aliphatic hydroxyl groups excluding tert-OH is 1. The molecular weight excluding hydrogens is 500 g/mol. The highest BCUT2D eigenvalue weighted by molar-refractivity contribution is 6.19. The number of benzene rings is 4. The number of halogens is 1. The number of nitrogens with one attached hydrogen (secondary N) is 2. The van der Waals surface area contributed by atoms with Gasteiger partial charge in [0.15, 0.2) is 6.23 Å². The highest BCUT2D eigenvalue weighted by Crippen LogP contribution is 2.48. The lowest BCUT2D eigenvalue weighted by Crippen LogP contribution is -2.27. The lowest BCUT2D eigenvalue weighted by Gasteiger charge is -2.27. The SMILES string of the molecule is Cc1cccc2c(O)cc3c(c12)[C@H](CCl)CN3C(O)c1ccc2[nH]c(C(=O)Nc3ccc(N)cc3)cc2c1. The Morgan fingerprint density at radius 1 is 1.16 bits per heavy atom. The molecule has 7 nitrogen and oxygen atoms in total. The average Bonchev–Trinajstić information content (AvgIpc) is 3.51. The molecule has 0 saturated carbocycles. The van der Waals surface area contributed by atoms with Gasteiger partial charge in [-0.3, -0.25) is 4.79 Å². The Bertz CT molecular complexity index is 1700. The van der Waals surface area contributed by atoms with E-state index >= 15 is 0 Å². The Hall–Kier alpha value is -4.20. The molecule has 5 aromatic rings. The van der Waals surface area contributed by atoms with E-state index in [0.29, 0.717) is 35.1 Å². The number of amides is 1. The summed E-state index contributed by atoms with van der Waals surface area (Å²) in [6, 6.07) is 21.8. The predicted octanol–water partition coefficient (Wildman–Crippen LogP) is 6.00. The number of fused-ring (bicyclic) bond motifs is 4. The molecule has 1 aliphatic heterocycles. The summed E-state index contributed by atoms with van der Waals surface area (Å²) in [5.74, 6) is 0.301. The quantitative estimate of drug-likeness (QED) is 0.142. The first-order valence-electron chi connectivity index (χ1n) is 12.4. The van der Waals surface area contributed by atoms with Crippen molar-refractivity contribution in [1.29, 1.82) is 0 Å². The normalized spacial score (nSPS) is 15.7. The van der Waals surface area contributed by atoms with E-state index in [-0.39, 0.29) is 17.6 Å². The van der Waals surface area contributed by atoms with Gasteiger partial charge in [-0.2, -0.15) is 0 Å². The van der Waals surface area contributed by atoms with Gasteiger partial charge in [0.1, 0.15) is 11.4 Å². The molecule has 1 amide bonds. The van der Waals surface area contributed by atoms with Crippen LogP contribution in [-0.2, 0) is 0 Å². The lowest BCUT2D eigenvalue weighted by molar-refractivity contribution is 0.102. The van der Waals surface area contributed by atoms with Crippen LogP contribution in [0.4, 0.5) is 17.1 Å². The van der Waals surface area contributed by atoms with Crippen molar-refractivity contribution in [3.8, 4) is 5.75 Å². The van der Waals surface area contributed by atoms with Crippen molar-refractivity contribution in [3.63, 3.8) is 0 Å². The van der Waals surface area contributed by atoms with E-state index in [1.165, 1.54) is 0 Å². The van der Waals surface area contributed by atoms with E-state index < -0.39 is 6.23 Å². The van der Waals surface area contributed by atoms with Crippen LogP contribution in [0.3, 0.4) is 0 Å². The number of aromatic nitrogens is 1. The Labute approximate surface area is 224 Å². The third kappa shape index (κ3) is 4.00. The van der Waals surface area contributed by atoms with E-state index in [1.807, 2.05) is 48.2 Å². The number of anilines is 3. The molecule has 0 bridgehead atoms. The van der Waals surface area contributed by atoms with Gasteiger partial charge in [0.25, 0.3) is 5.91 Å². The molecule has 1 aliphatic rings. The first-order valence-corrected chi connectivity index (χ1v) is 12.9. The van der Waals surface area contributed by atoms with E-state index in [0.717, 1.165) is 38.5 Å². The number of nitrogen functional groups attached to an aromatic ring is 1. The molecule has 1 aromatic heterocycles. The second-order valence-corrected chi connectivity index (χ2v) is 10.1. The predicted molar refractivity (Wildman–Crippen MR) is 153 cm³/mol. The number of hydrogen-bond donors (Lipinski definition) is 5. The molecule has 1 unspecified atom stereocenters. The zero-order chi connectivity index (χ0) is 26.6. The highest BCUT2D eigenvalue weighted by atomic mass is 35.5. The number of nitrogens with zero attached hydrogens (tertiary/aromatic N) is 1. The molecule has 192 valence electrons. The van der Waals surface area contributed by atoms with Crippen LogP contribution in [0.5, 0.6) is 5.75 Å². The Morgan fingerprint density at radius 3 is 2.71 bits per heavy atom. The highest BCUT2D eigenvalue weighted by Gasteiger charge is 2.35. The molecule has 0 radical (unpaired) electrons. The number of aliphatic hydroxyl groups is 1. The van der Waals surface area contributed by atoms with Gasteiger partial charge in [0, 0.05) is 63.3 Å². The average molecular weight is 527 g/mol. The molecule has 0 fully saturated rings. The Kier molecular flexibility index (Phi) is 5.90. The number of alkyl halides is 1. The molecule has 6 rings (SSSR count). The van der Waals surface area contributed by atoms with Crippen LogP contribution in [0.2, 0.25) is 0 Å². The summed E-state index contributed by atoms with van der Waals surface area (Å²) in [6.07, 6.45) is -0.964. The molecular formula is C30H27ClN4O3. The molecule has 0 spiro atoms. The first kappa shape index (κ1) is 24.2. The van der Waals surface area contributed by atoms with Crippen molar-refractivity contribution in [1.82, 2.24) is 4.98 Å². The van der Waals surface area contributed by atoms with Gasteiger partial charge >= 0.3 is 0 Å². The number of aryl methyl sites for hydroxylation is 1. The number of aromatic amines is 1. The largest absolute Gasteiger partial charge is 0.507 e. The topological polar surface area (TPSA) is 115 Å². The van der Waals surface area contributed by atoms with Crippen molar-refractivity contribution < 1.29 is 15.0 Å². The summed E-state index contributed by atoms with van der Waals surface area (Å²) in [7, 11) is 0. The van der Waals surface area contributed by atoms with Crippen LogP contribution >= 0.6 is 11.6 Å². The number of nitrogens with two attached hydrogens (primary N) is 1. The van der Waals surface area contributed by atoms with Crippen LogP contribution in [-0.4, -0.2) is 33.5 Å². The van der Waals surface area contributed by atoms with Crippen LogP contribution in [0.15, 0.2) is 72.8 Å². The third-order valence-corrected chi connectivity index (χ3v) is 7.71. The Balaban J connectivity index is 1.33. The molecule has 38 heavy (non-hydrogen) atoms. The van der Waals surface area contributed by atoms with Crippen molar-refractivity contribution >= 4 is 56.2 Å². The standard InChI is InChI=1S/C30H27ClN4O3/c1-16-3-2-4-22-26(36)13-25-28(27(16)22)19(14-31)15-35(25)30(38)17-5-10-23-18(11-17)12-24(34-23)29(37)33-21-8-6-20(32)7-9-21/h2-13,19,30,34,36,38H,14-15,32H2,1H3,(H,33,37)/t19-,30?/m1/s1. The molecule has 2 heterocycles. The second kappa shape index (κ2) is 9.28. The van der Waals surface area contributed by atoms with E-state index in [9.17, 15) is 15.0 Å². The van der Waals surface area contributed by atoms with Gasteiger partial charge in [0.05, 0.1) is 0 Å². The minimum absolute atomic E-state index is 0.00476. The first-order chi connectivity index (χ1) is 18.3. The van der Waals surface area contributed by atoms with Gasteiger partial charge in [-0.25, -0.2) is 0 Å². The molecule has 2 atom stereocenters. The van der Waals surface area contributed by atoms with Gasteiger partial charge in [0.2, 0.25) is 0 Å². The third-order valence-electron chi connectivity index (χ3n) is 7.34. The fourth-order valence-corrected chi connectivity index (χ4v) is 5.72. The summed E-state index contributed by atoms with van der Waals surface area (Å²) in [5, 5.41) is 27.8. The number of phenols is 1. The van der Waals surface area contributed by atoms with Crippen LogP contribution in [0, 0.1) is 6.92 Å². The number of aromatic hydroxyl groups is 1. The fourth-order valence-electron chi connectivity index (χ4n) is 5.47. The van der Waals surface area contributed by atoms with E-state index in [4.69, 9.17) is 17.3 Å². The monoisotopic (exact) mass is 526 g/mol. The molecule has 6 N–H and O–H groups in total. The summed E-state index contributed by atoms with van der Waals surface area (Å²) in [4.78, 5) is 17.8. The van der Waals surface area contributed by atoms with E-state index in [1.54, 1.807) is 36.4 Å². The summed E-state index contributed by atoms with van der Waals surface area (Å²) in [5.41, 5.74) is 11.7. The van der Waals surface area contributed by atoms with Gasteiger partial charge in [-0.05, 0) is 65.9 Å². The van der Waals surface area contributed by atoms with Crippen molar-refractivity contribution in [2.24, 2.45) is 0 Å². The van der Waals surface area contributed by atoms with Crippen molar-refractivity contribution in [2.45, 2.75) is 19.1 Å². The van der Waals surface area contributed by atoms with Crippen molar-refractivity contribution in [2.75, 3.05) is 28.4 Å². The molecule has 8 heteroatoms. The number of carbonyl (C=O) groups is 1. The van der Waals surface area contributed by atoms with Gasteiger partial charge in [-0.1, -0.05) is 24.3 Å². The molecule has 4 aromatic carbocycles. The van der Waals surface area contributed by atoms with E-state index in [2.05, 4.69) is 10.3 Å². The fraction of sp³-hybridized carbons (Fsp3) is 0.167. The smallest absolute Gasteiger partial charge is 0.272 e. The maximum atomic E-state index is 12.8. The minimum Gasteiger partial charge on any atom is -0.507 e. The maximum absolute atomic E-state index is 12.8. The number of H-pyrrole nitrogens is 1. The van der Waals surface area contributed by atoms with Crippen LogP contribution in [0.1, 0.15) is 39.3 Å². The summed E-state index contributed by atoms with van der Waals surface area (Å²) >= 11 is 6.40. The zero-order valence-electron chi connectivity index (χ0n) is 20.7. The summed E-state index contributed by atoms with van der Waals surface area (Å²) in [6.45, 7) is 2.54. The summed E-state index contributed by atoms with van der Waals surface area (Å²) < 4.78 is 0. The van der Waals surface area contributed by atoms with Gasteiger partial charge < -0.3 is 31.1 Å². The molecule has 0 saturated heterocycles. The molecule has 0 aliphatic carbocycles. The van der Waals surface area contributed by atoms with Crippen molar-refractivity contribution in [3.05, 3.63) is 95.2 Å². The maximum Gasteiger partial charge on any atom is 0.272 e. The number of phenolic OH excluding ortho intramolecular Hbond substituents is 1.